The molecule has 35 heavy (non-hydrogen) atoms. The maximum atomic E-state index is 15.0. The first-order chi connectivity index (χ1) is 16.8. The van der Waals surface area contributed by atoms with Crippen LogP contribution in [0.15, 0.2) is 30.3 Å². The number of Topliss-reactive ketones (excluding diaryl/α,β-unsaturated/α-hetero) is 1. The first kappa shape index (κ1) is 24.1. The quantitative estimate of drug-likeness (QED) is 0.497. The van der Waals surface area contributed by atoms with Crippen molar-refractivity contribution in [3.8, 4) is 17.2 Å². The summed E-state index contributed by atoms with van der Waals surface area (Å²) in [6.07, 6.45) is 6.19. The zero-order valence-electron chi connectivity index (χ0n) is 20.3. The standard InChI is InChI=1S/C29H35FO5/c1-2-17-4-3-5-19(28(17)34)10-16-6-9-25(30)27(11-16)35-29-22(18-7-8-20(31)12-18)15-23-24(29)13-21(32)14-26(23)33/h6,9,11,13-14,17-20,22,29,31-33H,2-5,7-8,10,12,15H2,1H3/t17?,18?,19-,20?,22-,29-/m1/s1. The zero-order valence-corrected chi connectivity index (χ0v) is 20.3. The maximum absolute atomic E-state index is 15.0. The van der Waals surface area contributed by atoms with Gasteiger partial charge in [-0.2, -0.15) is 0 Å². The van der Waals surface area contributed by atoms with Crippen molar-refractivity contribution in [2.75, 3.05) is 0 Å². The molecule has 3 aliphatic rings. The van der Waals surface area contributed by atoms with Crippen LogP contribution in [0.2, 0.25) is 0 Å². The van der Waals surface area contributed by atoms with Crippen molar-refractivity contribution in [1.82, 2.24) is 0 Å². The summed E-state index contributed by atoms with van der Waals surface area (Å²) in [6.45, 7) is 2.06. The molecule has 3 unspecified atom stereocenters. The van der Waals surface area contributed by atoms with Crippen LogP contribution in [-0.4, -0.2) is 27.2 Å². The van der Waals surface area contributed by atoms with Crippen molar-refractivity contribution in [1.29, 1.82) is 0 Å². The van der Waals surface area contributed by atoms with Gasteiger partial charge in [-0.3, -0.25) is 4.79 Å². The largest absolute Gasteiger partial charge is 0.508 e. The van der Waals surface area contributed by atoms with Crippen LogP contribution in [0.4, 0.5) is 4.39 Å². The van der Waals surface area contributed by atoms with Crippen LogP contribution >= 0.6 is 0 Å². The normalized spacial score (nSPS) is 30.4. The maximum Gasteiger partial charge on any atom is 0.165 e. The van der Waals surface area contributed by atoms with E-state index in [1.54, 1.807) is 18.2 Å². The Morgan fingerprint density at radius 3 is 2.60 bits per heavy atom. The average molecular weight is 483 g/mol. The van der Waals surface area contributed by atoms with E-state index in [0.29, 0.717) is 36.2 Å². The Balaban J connectivity index is 1.42. The van der Waals surface area contributed by atoms with Gasteiger partial charge in [0.15, 0.2) is 11.6 Å². The number of carbonyl (C=O) groups excluding carboxylic acids is 1. The summed E-state index contributed by atoms with van der Waals surface area (Å²) in [5, 5.41) is 30.8. The molecular formula is C29H35FO5. The third-order valence-electron chi connectivity index (χ3n) is 8.57. The van der Waals surface area contributed by atoms with E-state index >= 15 is 0 Å². The van der Waals surface area contributed by atoms with Crippen LogP contribution in [0.3, 0.4) is 0 Å². The second-order valence-electron chi connectivity index (χ2n) is 10.8. The molecule has 0 aliphatic heterocycles. The van der Waals surface area contributed by atoms with Crippen molar-refractivity contribution in [3.05, 3.63) is 52.8 Å². The Morgan fingerprint density at radius 1 is 1.06 bits per heavy atom. The molecule has 0 aromatic heterocycles. The molecule has 6 heteroatoms. The zero-order chi connectivity index (χ0) is 24.7. The number of phenols is 2. The van der Waals surface area contributed by atoms with E-state index in [1.165, 1.54) is 12.1 Å². The highest BCUT2D eigenvalue weighted by molar-refractivity contribution is 5.84. The first-order valence-electron chi connectivity index (χ1n) is 13.1. The fourth-order valence-electron chi connectivity index (χ4n) is 6.68. The number of ketones is 1. The lowest BCUT2D eigenvalue weighted by Gasteiger charge is -2.28. The minimum atomic E-state index is -0.538. The van der Waals surface area contributed by atoms with E-state index in [1.807, 2.05) is 0 Å². The number of rotatable bonds is 6. The summed E-state index contributed by atoms with van der Waals surface area (Å²) in [4.78, 5) is 12.8. The number of phenolic OH excluding ortho intramolecular Hbond substituents is 2. The second-order valence-corrected chi connectivity index (χ2v) is 10.8. The molecule has 5 rings (SSSR count). The molecule has 2 aromatic carbocycles. The molecule has 0 heterocycles. The number of ether oxygens (including phenoxy) is 1. The highest BCUT2D eigenvalue weighted by Gasteiger charge is 2.43. The van der Waals surface area contributed by atoms with E-state index in [9.17, 15) is 24.5 Å². The second kappa shape index (κ2) is 9.81. The van der Waals surface area contributed by atoms with Crippen molar-refractivity contribution in [2.24, 2.45) is 23.7 Å². The Morgan fingerprint density at radius 2 is 1.86 bits per heavy atom. The SMILES string of the molecule is CCC1CCC[C@H](Cc2ccc(F)c(O[C@H]3c4cc(O)cc(O)c4C[C@@H]3C3CCC(O)C3)c2)C1=O. The molecule has 3 aliphatic carbocycles. The van der Waals surface area contributed by atoms with Gasteiger partial charge in [0.25, 0.3) is 0 Å². The van der Waals surface area contributed by atoms with Crippen LogP contribution in [0.25, 0.3) is 0 Å². The van der Waals surface area contributed by atoms with E-state index in [-0.39, 0.29) is 47.0 Å². The number of fused-ring (bicyclic) bond motifs is 1. The van der Waals surface area contributed by atoms with Gasteiger partial charge in [-0.25, -0.2) is 4.39 Å². The van der Waals surface area contributed by atoms with Gasteiger partial charge in [-0.15, -0.1) is 0 Å². The van der Waals surface area contributed by atoms with Gasteiger partial charge in [0.05, 0.1) is 6.10 Å². The van der Waals surface area contributed by atoms with Gasteiger partial charge in [-0.05, 0) is 81.0 Å². The van der Waals surface area contributed by atoms with Crippen LogP contribution < -0.4 is 4.74 Å². The van der Waals surface area contributed by atoms with Crippen LogP contribution in [0.1, 0.15) is 74.7 Å². The molecule has 2 saturated carbocycles. The average Bonchev–Trinajstić information content (AvgIpc) is 3.41. The summed E-state index contributed by atoms with van der Waals surface area (Å²) >= 11 is 0. The van der Waals surface area contributed by atoms with E-state index < -0.39 is 11.9 Å². The van der Waals surface area contributed by atoms with Gasteiger partial charge in [-0.1, -0.05) is 19.4 Å². The topological polar surface area (TPSA) is 87.0 Å². The van der Waals surface area contributed by atoms with Gasteiger partial charge >= 0.3 is 0 Å². The number of aliphatic hydroxyl groups is 1. The smallest absolute Gasteiger partial charge is 0.165 e. The predicted molar refractivity (Wildman–Crippen MR) is 130 cm³/mol. The van der Waals surface area contributed by atoms with Crippen molar-refractivity contribution < 1.29 is 29.2 Å². The molecule has 0 saturated heterocycles. The summed E-state index contributed by atoms with van der Waals surface area (Å²) < 4.78 is 21.3. The molecule has 0 bridgehead atoms. The molecule has 2 fully saturated rings. The summed E-state index contributed by atoms with van der Waals surface area (Å²) in [6, 6.07) is 7.76. The lowest BCUT2D eigenvalue weighted by Crippen LogP contribution is -2.29. The fourth-order valence-corrected chi connectivity index (χ4v) is 6.68. The van der Waals surface area contributed by atoms with Crippen LogP contribution in [-0.2, 0) is 17.6 Å². The molecule has 6 atom stereocenters. The molecule has 0 spiro atoms. The highest BCUT2D eigenvalue weighted by atomic mass is 19.1. The van der Waals surface area contributed by atoms with E-state index in [2.05, 4.69) is 6.92 Å². The lowest BCUT2D eigenvalue weighted by molar-refractivity contribution is -0.129. The number of halogens is 1. The Kier molecular flexibility index (Phi) is 6.75. The first-order valence-corrected chi connectivity index (χ1v) is 13.1. The predicted octanol–water partition coefficient (Wildman–Crippen LogP) is 5.63. The minimum absolute atomic E-state index is 0.0187. The number of hydrogen-bond acceptors (Lipinski definition) is 5. The van der Waals surface area contributed by atoms with Gasteiger partial charge < -0.3 is 20.1 Å². The summed E-state index contributed by atoms with van der Waals surface area (Å²) in [5.41, 5.74) is 2.27. The molecule has 0 radical (unpaired) electrons. The van der Waals surface area contributed by atoms with Crippen LogP contribution in [0.5, 0.6) is 17.2 Å². The summed E-state index contributed by atoms with van der Waals surface area (Å²) in [5.74, 6) is 0.164. The van der Waals surface area contributed by atoms with Crippen molar-refractivity contribution in [3.63, 3.8) is 0 Å². The van der Waals surface area contributed by atoms with Gasteiger partial charge in [0, 0.05) is 34.9 Å². The third-order valence-corrected chi connectivity index (χ3v) is 8.57. The monoisotopic (exact) mass is 482 g/mol. The Bertz CT molecular complexity index is 1100. The lowest BCUT2D eigenvalue weighted by atomic mass is 9.76. The molecule has 3 N–H and O–H groups in total. The molecule has 5 nitrogen and oxygen atoms in total. The number of aliphatic hydroxyl groups excluding tert-OH is 1. The van der Waals surface area contributed by atoms with E-state index in [0.717, 1.165) is 44.1 Å². The van der Waals surface area contributed by atoms with E-state index in [4.69, 9.17) is 4.74 Å². The van der Waals surface area contributed by atoms with Gasteiger partial charge in [0.1, 0.15) is 23.4 Å². The molecule has 0 amide bonds. The molecule has 2 aromatic rings. The van der Waals surface area contributed by atoms with Gasteiger partial charge in [0.2, 0.25) is 0 Å². The van der Waals surface area contributed by atoms with Crippen molar-refractivity contribution in [2.45, 2.75) is 76.9 Å². The Hall–Kier alpha value is -2.60. The summed E-state index contributed by atoms with van der Waals surface area (Å²) in [7, 11) is 0. The van der Waals surface area contributed by atoms with Crippen molar-refractivity contribution >= 4 is 5.78 Å². The number of aromatic hydroxyl groups is 2. The minimum Gasteiger partial charge on any atom is -0.508 e. The Labute approximate surface area is 205 Å². The van der Waals surface area contributed by atoms with Crippen LogP contribution in [0, 0.1) is 29.5 Å². The number of carbonyl (C=O) groups is 1. The number of hydrogen-bond donors (Lipinski definition) is 3. The fraction of sp³-hybridized carbons (Fsp3) is 0.552. The molecule has 188 valence electrons. The molecular weight excluding hydrogens is 447 g/mol. The highest BCUT2D eigenvalue weighted by Crippen LogP contribution is 2.51. The number of benzene rings is 2. The third kappa shape index (κ3) is 4.77.